The van der Waals surface area contributed by atoms with Crippen molar-refractivity contribution in [1.29, 1.82) is 0 Å². The molecule has 7 aromatic carbocycles. The molecule has 0 aliphatic rings. The van der Waals surface area contributed by atoms with Crippen LogP contribution < -0.4 is 0 Å². The third kappa shape index (κ3) is 3.23. The lowest BCUT2D eigenvalue weighted by atomic mass is 9.84. The van der Waals surface area contributed by atoms with Gasteiger partial charge in [-0.3, -0.25) is 0 Å². The molecule has 168 valence electrons. The zero-order chi connectivity index (χ0) is 28.2. The van der Waals surface area contributed by atoms with E-state index in [9.17, 15) is 0 Å². The van der Waals surface area contributed by atoms with Crippen molar-refractivity contribution in [1.82, 2.24) is 0 Å². The van der Waals surface area contributed by atoms with Gasteiger partial charge in [0, 0.05) is 0 Å². The molecule has 0 aromatic heterocycles. The van der Waals surface area contributed by atoms with E-state index in [-0.39, 0.29) is 35.8 Å². The van der Waals surface area contributed by atoms with E-state index in [0.29, 0.717) is 5.56 Å². The monoisotopic (exact) mass is 461 g/mol. The van der Waals surface area contributed by atoms with Crippen molar-refractivity contribution in [3.8, 4) is 33.4 Å². The van der Waals surface area contributed by atoms with Gasteiger partial charge in [-0.15, -0.1) is 0 Å². The first-order valence-electron chi connectivity index (χ1n) is 14.6. The van der Waals surface area contributed by atoms with Gasteiger partial charge in [0.1, 0.15) is 0 Å². The fourth-order valence-corrected chi connectivity index (χ4v) is 5.45. The Morgan fingerprint density at radius 1 is 0.333 bits per heavy atom. The minimum absolute atomic E-state index is 0.197. The number of benzene rings is 7. The van der Waals surface area contributed by atoms with Crippen molar-refractivity contribution in [2.24, 2.45) is 0 Å². The Kier molecular flexibility index (Phi) is 3.80. The third-order valence-corrected chi connectivity index (χ3v) is 6.96. The van der Waals surface area contributed by atoms with Crippen molar-refractivity contribution in [3.05, 3.63) is 145 Å². The quantitative estimate of drug-likeness (QED) is 0.230. The van der Waals surface area contributed by atoms with Gasteiger partial charge in [0.25, 0.3) is 0 Å². The second-order valence-corrected chi connectivity index (χ2v) is 8.91. The molecule has 0 nitrogen and oxygen atoms in total. The Bertz CT molecular complexity index is 2060. The van der Waals surface area contributed by atoms with Crippen LogP contribution >= 0.6 is 0 Å². The van der Waals surface area contributed by atoms with Crippen molar-refractivity contribution in [3.63, 3.8) is 0 Å². The zero-order valence-corrected chi connectivity index (χ0v) is 19.5. The zero-order valence-electron chi connectivity index (χ0n) is 24.5. The SMILES string of the molecule is [2H]c1c([2H])c([2H])c(-c2ccc(-c3c4ccccc4c(-c4ccccc4)c4ccccc34)c3ccccc23)c([2H])c1[2H]. The minimum Gasteiger partial charge on any atom is -0.0622 e. The van der Waals surface area contributed by atoms with Gasteiger partial charge in [-0.25, -0.2) is 0 Å². The van der Waals surface area contributed by atoms with E-state index in [1.165, 1.54) is 5.56 Å². The van der Waals surface area contributed by atoms with Gasteiger partial charge < -0.3 is 0 Å². The summed E-state index contributed by atoms with van der Waals surface area (Å²) in [6, 6.07) is 37.9. The van der Waals surface area contributed by atoms with E-state index in [1.54, 1.807) is 0 Å². The Morgan fingerprint density at radius 2 is 0.778 bits per heavy atom. The van der Waals surface area contributed by atoms with Gasteiger partial charge in [-0.2, -0.15) is 0 Å². The summed E-state index contributed by atoms with van der Waals surface area (Å²) in [5.74, 6) is 0. The second kappa shape index (κ2) is 8.52. The van der Waals surface area contributed by atoms with E-state index in [2.05, 4.69) is 78.9 Å². The molecule has 0 aliphatic heterocycles. The van der Waals surface area contributed by atoms with Crippen LogP contribution in [-0.4, -0.2) is 0 Å². The molecule has 0 bridgehead atoms. The first-order chi connectivity index (χ1) is 20.0. The molecule has 0 unspecified atom stereocenters. The highest BCUT2D eigenvalue weighted by molar-refractivity contribution is 6.24. The lowest BCUT2D eigenvalue weighted by Crippen LogP contribution is -1.92. The molecule has 0 saturated carbocycles. The van der Waals surface area contributed by atoms with Crippen LogP contribution in [0.5, 0.6) is 0 Å². The van der Waals surface area contributed by atoms with Crippen LogP contribution in [0.1, 0.15) is 6.85 Å². The van der Waals surface area contributed by atoms with Gasteiger partial charge in [0.15, 0.2) is 0 Å². The topological polar surface area (TPSA) is 0 Å². The molecule has 0 N–H and O–H groups in total. The maximum Gasteiger partial charge on any atom is 0.0629 e. The standard InChI is InChI=1S/C36H24/c1-3-13-25(14-4-1)27-23-24-34(29-18-8-7-17-28(27)29)36-32-21-11-9-19-30(32)35(26-15-5-2-6-16-26)31-20-10-12-22-33(31)36/h1-24H/i1D,3D,4D,13D,14D. The molecule has 7 rings (SSSR count). The fraction of sp³-hybridized carbons (Fsp3) is 0. The largest absolute Gasteiger partial charge is 0.0629 e. The van der Waals surface area contributed by atoms with E-state index < -0.39 is 0 Å². The summed E-state index contributed by atoms with van der Waals surface area (Å²) in [6.07, 6.45) is 0. The van der Waals surface area contributed by atoms with Gasteiger partial charge >= 0.3 is 0 Å². The van der Waals surface area contributed by atoms with Crippen molar-refractivity contribution < 1.29 is 6.85 Å². The second-order valence-electron chi connectivity index (χ2n) is 8.91. The summed E-state index contributed by atoms with van der Waals surface area (Å²) < 4.78 is 41.7. The Hall–Kier alpha value is -4.68. The summed E-state index contributed by atoms with van der Waals surface area (Å²) in [5, 5.41) is 6.37. The van der Waals surface area contributed by atoms with Crippen LogP contribution in [0.15, 0.2) is 145 Å². The molecule has 0 spiro atoms. The Balaban J connectivity index is 1.61. The van der Waals surface area contributed by atoms with Crippen LogP contribution in [0.3, 0.4) is 0 Å². The van der Waals surface area contributed by atoms with Gasteiger partial charge in [-0.05, 0) is 65.7 Å². The number of hydrogen-bond donors (Lipinski definition) is 0. The van der Waals surface area contributed by atoms with Crippen molar-refractivity contribution in [2.45, 2.75) is 0 Å². The first-order valence-corrected chi connectivity index (χ1v) is 12.1. The number of rotatable bonds is 3. The molecule has 0 heterocycles. The highest BCUT2D eigenvalue weighted by Crippen LogP contribution is 2.46. The fourth-order valence-electron chi connectivity index (χ4n) is 5.45. The van der Waals surface area contributed by atoms with Crippen LogP contribution in [0, 0.1) is 0 Å². The van der Waals surface area contributed by atoms with Gasteiger partial charge in [-0.1, -0.05) is 145 Å². The van der Waals surface area contributed by atoms with Crippen LogP contribution in [-0.2, 0) is 0 Å². The molecule has 7 aromatic rings. The highest BCUT2D eigenvalue weighted by Gasteiger charge is 2.18. The predicted molar refractivity (Wildman–Crippen MR) is 155 cm³/mol. The highest BCUT2D eigenvalue weighted by atomic mass is 14.2. The van der Waals surface area contributed by atoms with E-state index in [1.807, 2.05) is 36.4 Å². The molecular weight excluding hydrogens is 432 g/mol. The molecule has 0 saturated heterocycles. The maximum absolute atomic E-state index is 8.61. The Morgan fingerprint density at radius 3 is 1.36 bits per heavy atom. The summed E-state index contributed by atoms with van der Waals surface area (Å²) in [7, 11) is 0. The van der Waals surface area contributed by atoms with E-state index >= 15 is 0 Å². The summed E-state index contributed by atoms with van der Waals surface area (Å²) >= 11 is 0. The van der Waals surface area contributed by atoms with E-state index in [0.717, 1.165) is 49.0 Å². The minimum atomic E-state index is -0.388. The normalized spacial score (nSPS) is 13.3. The summed E-state index contributed by atoms with van der Waals surface area (Å²) in [5.41, 5.74) is 5.33. The smallest absolute Gasteiger partial charge is 0.0622 e. The molecule has 0 heteroatoms. The van der Waals surface area contributed by atoms with Crippen LogP contribution in [0.2, 0.25) is 0 Å². The molecule has 0 fully saturated rings. The van der Waals surface area contributed by atoms with Crippen molar-refractivity contribution in [2.75, 3.05) is 0 Å². The first kappa shape index (κ1) is 16.1. The molecule has 36 heavy (non-hydrogen) atoms. The average Bonchev–Trinajstić information content (AvgIpc) is 3.02. The predicted octanol–water partition coefficient (Wildman–Crippen LogP) is 10.1. The average molecular weight is 462 g/mol. The van der Waals surface area contributed by atoms with Crippen LogP contribution in [0.4, 0.5) is 0 Å². The number of fused-ring (bicyclic) bond motifs is 3. The third-order valence-electron chi connectivity index (χ3n) is 6.96. The molecule has 0 atom stereocenters. The summed E-state index contributed by atoms with van der Waals surface area (Å²) in [4.78, 5) is 0. The molecular formula is C36H24. The lowest BCUT2D eigenvalue weighted by Gasteiger charge is -2.19. The lowest BCUT2D eigenvalue weighted by molar-refractivity contribution is 1.64. The Labute approximate surface area is 218 Å². The molecule has 0 amide bonds. The molecule has 0 aliphatic carbocycles. The molecule has 0 radical (unpaired) electrons. The van der Waals surface area contributed by atoms with Crippen molar-refractivity contribution >= 4 is 32.3 Å². The summed E-state index contributed by atoms with van der Waals surface area (Å²) in [6.45, 7) is 0. The van der Waals surface area contributed by atoms with E-state index in [4.69, 9.17) is 6.85 Å². The van der Waals surface area contributed by atoms with Crippen LogP contribution in [0.25, 0.3) is 65.7 Å². The van der Waals surface area contributed by atoms with Gasteiger partial charge in [0.05, 0.1) is 6.85 Å². The number of hydrogen-bond acceptors (Lipinski definition) is 0. The maximum atomic E-state index is 8.61. The van der Waals surface area contributed by atoms with Gasteiger partial charge in [0.2, 0.25) is 0 Å².